The lowest BCUT2D eigenvalue weighted by molar-refractivity contribution is -0.158. The first-order valence-corrected chi connectivity index (χ1v) is 5.88. The predicted molar refractivity (Wildman–Crippen MR) is 60.4 cm³/mol. The van der Waals surface area contributed by atoms with Crippen molar-refractivity contribution in [3.8, 4) is 0 Å². The summed E-state index contributed by atoms with van der Waals surface area (Å²) in [6.45, 7) is 5.62. The van der Waals surface area contributed by atoms with Gasteiger partial charge in [0.05, 0.1) is 0 Å². The van der Waals surface area contributed by atoms with E-state index >= 15 is 0 Å². The molecule has 0 heterocycles. The molecule has 1 saturated carbocycles. The quantitative estimate of drug-likeness (QED) is 0.716. The molecular formula is C12H23NO2. The van der Waals surface area contributed by atoms with E-state index in [0.717, 1.165) is 12.8 Å². The van der Waals surface area contributed by atoms with Gasteiger partial charge in [-0.1, -0.05) is 19.3 Å². The van der Waals surface area contributed by atoms with Crippen LogP contribution in [0.3, 0.4) is 0 Å². The third kappa shape index (κ3) is 4.20. The van der Waals surface area contributed by atoms with Crippen LogP contribution in [0.4, 0.5) is 0 Å². The summed E-state index contributed by atoms with van der Waals surface area (Å²) in [4.78, 5) is 11.7. The molecule has 0 saturated heterocycles. The van der Waals surface area contributed by atoms with E-state index in [4.69, 9.17) is 10.5 Å². The summed E-state index contributed by atoms with van der Waals surface area (Å²) < 4.78 is 5.29. The van der Waals surface area contributed by atoms with Gasteiger partial charge in [-0.25, -0.2) is 0 Å². The zero-order valence-electron chi connectivity index (χ0n) is 10.1. The van der Waals surface area contributed by atoms with E-state index in [1.54, 1.807) is 0 Å². The van der Waals surface area contributed by atoms with Crippen LogP contribution in [0.2, 0.25) is 0 Å². The van der Waals surface area contributed by atoms with Crippen LogP contribution in [0.1, 0.15) is 52.9 Å². The molecule has 1 fully saturated rings. The maximum absolute atomic E-state index is 11.7. The van der Waals surface area contributed by atoms with Gasteiger partial charge in [-0.2, -0.15) is 0 Å². The lowest BCUT2D eigenvalue weighted by atomic mass is 9.84. The molecular weight excluding hydrogens is 190 g/mol. The predicted octanol–water partition coefficient (Wildman–Crippen LogP) is 2.24. The highest BCUT2D eigenvalue weighted by Gasteiger charge is 2.29. The summed E-state index contributed by atoms with van der Waals surface area (Å²) in [7, 11) is 0. The number of ether oxygens (including phenoxy) is 1. The second kappa shape index (κ2) is 4.97. The SMILES string of the molecule is CC(C)(C)OC(=O)[C@H](N)C1CCCCC1. The van der Waals surface area contributed by atoms with E-state index < -0.39 is 11.6 Å². The highest BCUT2D eigenvalue weighted by Crippen LogP contribution is 2.26. The van der Waals surface area contributed by atoms with Gasteiger partial charge in [0.1, 0.15) is 11.6 Å². The zero-order chi connectivity index (χ0) is 11.5. The van der Waals surface area contributed by atoms with Gasteiger partial charge in [0.2, 0.25) is 0 Å². The van der Waals surface area contributed by atoms with Gasteiger partial charge in [-0.3, -0.25) is 4.79 Å². The molecule has 1 atom stereocenters. The van der Waals surface area contributed by atoms with Crippen LogP contribution in [0.15, 0.2) is 0 Å². The van der Waals surface area contributed by atoms with Gasteiger partial charge >= 0.3 is 5.97 Å². The standard InChI is InChI=1S/C12H23NO2/c1-12(2,3)15-11(14)10(13)9-7-5-4-6-8-9/h9-10H,4-8,13H2,1-3H3/t10-/m1/s1. The summed E-state index contributed by atoms with van der Waals surface area (Å²) >= 11 is 0. The Labute approximate surface area is 92.4 Å². The maximum Gasteiger partial charge on any atom is 0.323 e. The first-order chi connectivity index (χ1) is 6.90. The lowest BCUT2D eigenvalue weighted by Gasteiger charge is -2.29. The molecule has 88 valence electrons. The number of carbonyl (C=O) groups is 1. The maximum atomic E-state index is 11.7. The number of hydrogen-bond acceptors (Lipinski definition) is 3. The third-order valence-corrected chi connectivity index (χ3v) is 2.84. The summed E-state index contributed by atoms with van der Waals surface area (Å²) in [5.74, 6) is 0.0861. The van der Waals surface area contributed by atoms with Crippen LogP contribution in [-0.4, -0.2) is 17.6 Å². The number of rotatable bonds is 2. The van der Waals surface area contributed by atoms with E-state index in [-0.39, 0.29) is 5.97 Å². The van der Waals surface area contributed by atoms with Gasteiger partial charge in [-0.05, 0) is 39.5 Å². The Morgan fingerprint density at radius 1 is 1.27 bits per heavy atom. The van der Waals surface area contributed by atoms with Crippen molar-refractivity contribution in [2.24, 2.45) is 11.7 Å². The van der Waals surface area contributed by atoms with Gasteiger partial charge in [-0.15, -0.1) is 0 Å². The highest BCUT2D eigenvalue weighted by molar-refractivity contribution is 5.76. The molecule has 0 aromatic rings. The van der Waals surface area contributed by atoms with Gasteiger partial charge < -0.3 is 10.5 Å². The molecule has 0 bridgehead atoms. The molecule has 0 spiro atoms. The van der Waals surface area contributed by atoms with E-state index in [1.165, 1.54) is 19.3 Å². The summed E-state index contributed by atoms with van der Waals surface area (Å²) in [5, 5.41) is 0. The minimum Gasteiger partial charge on any atom is -0.459 e. The number of carbonyl (C=O) groups excluding carboxylic acids is 1. The van der Waals surface area contributed by atoms with Crippen molar-refractivity contribution >= 4 is 5.97 Å². The third-order valence-electron chi connectivity index (χ3n) is 2.84. The summed E-state index contributed by atoms with van der Waals surface area (Å²) in [6, 6.07) is -0.426. The normalized spacial score (nSPS) is 21.1. The molecule has 3 heteroatoms. The van der Waals surface area contributed by atoms with Crippen molar-refractivity contribution in [2.75, 3.05) is 0 Å². The van der Waals surface area contributed by atoms with Crippen molar-refractivity contribution < 1.29 is 9.53 Å². The smallest absolute Gasteiger partial charge is 0.323 e. The zero-order valence-corrected chi connectivity index (χ0v) is 10.1. The molecule has 1 aliphatic carbocycles. The molecule has 0 radical (unpaired) electrons. The van der Waals surface area contributed by atoms with Crippen LogP contribution in [-0.2, 0) is 9.53 Å². The minimum absolute atomic E-state index is 0.241. The van der Waals surface area contributed by atoms with E-state index in [0.29, 0.717) is 5.92 Å². The Hall–Kier alpha value is -0.570. The van der Waals surface area contributed by atoms with E-state index in [1.807, 2.05) is 20.8 Å². The Bertz CT molecular complexity index is 214. The molecule has 15 heavy (non-hydrogen) atoms. The molecule has 1 aliphatic rings. The molecule has 3 nitrogen and oxygen atoms in total. The molecule has 0 aromatic heterocycles. The Kier molecular flexibility index (Phi) is 4.14. The fourth-order valence-corrected chi connectivity index (χ4v) is 2.06. The fourth-order valence-electron chi connectivity index (χ4n) is 2.06. The van der Waals surface area contributed by atoms with Gasteiger partial charge in [0.25, 0.3) is 0 Å². The van der Waals surface area contributed by atoms with Gasteiger partial charge in [0.15, 0.2) is 0 Å². The molecule has 2 N–H and O–H groups in total. The topological polar surface area (TPSA) is 52.3 Å². The average molecular weight is 213 g/mol. The molecule has 0 unspecified atom stereocenters. The monoisotopic (exact) mass is 213 g/mol. The van der Waals surface area contributed by atoms with Crippen molar-refractivity contribution in [3.63, 3.8) is 0 Å². The highest BCUT2D eigenvalue weighted by atomic mass is 16.6. The average Bonchev–Trinajstić information content (AvgIpc) is 2.15. The Morgan fingerprint density at radius 2 is 1.80 bits per heavy atom. The largest absolute Gasteiger partial charge is 0.459 e. The number of hydrogen-bond donors (Lipinski definition) is 1. The summed E-state index contributed by atoms with van der Waals surface area (Å²) in [5.41, 5.74) is 5.50. The van der Waals surface area contributed by atoms with Crippen molar-refractivity contribution in [2.45, 2.75) is 64.5 Å². The molecule has 0 aliphatic heterocycles. The minimum atomic E-state index is -0.427. The van der Waals surface area contributed by atoms with Crippen LogP contribution >= 0.6 is 0 Å². The second-order valence-electron chi connectivity index (χ2n) is 5.46. The summed E-state index contributed by atoms with van der Waals surface area (Å²) in [6.07, 6.45) is 5.81. The van der Waals surface area contributed by atoms with Crippen LogP contribution < -0.4 is 5.73 Å². The molecule has 0 amide bonds. The number of esters is 1. The Morgan fingerprint density at radius 3 is 2.27 bits per heavy atom. The van der Waals surface area contributed by atoms with Crippen LogP contribution in [0, 0.1) is 5.92 Å². The van der Waals surface area contributed by atoms with Crippen molar-refractivity contribution in [1.29, 1.82) is 0 Å². The van der Waals surface area contributed by atoms with Crippen LogP contribution in [0.25, 0.3) is 0 Å². The first-order valence-electron chi connectivity index (χ1n) is 5.88. The van der Waals surface area contributed by atoms with E-state index in [9.17, 15) is 4.79 Å². The first kappa shape index (κ1) is 12.5. The fraction of sp³-hybridized carbons (Fsp3) is 0.917. The lowest BCUT2D eigenvalue weighted by Crippen LogP contribution is -2.43. The number of nitrogens with two attached hydrogens (primary N) is 1. The van der Waals surface area contributed by atoms with Crippen molar-refractivity contribution in [3.05, 3.63) is 0 Å². The Balaban J connectivity index is 2.44. The van der Waals surface area contributed by atoms with Crippen LogP contribution in [0.5, 0.6) is 0 Å². The van der Waals surface area contributed by atoms with Gasteiger partial charge in [0, 0.05) is 0 Å². The van der Waals surface area contributed by atoms with Crippen molar-refractivity contribution in [1.82, 2.24) is 0 Å². The van der Waals surface area contributed by atoms with E-state index in [2.05, 4.69) is 0 Å². The second-order valence-corrected chi connectivity index (χ2v) is 5.46. The molecule has 1 rings (SSSR count). The molecule has 0 aromatic carbocycles.